The van der Waals surface area contributed by atoms with E-state index in [2.05, 4.69) is 15.2 Å². The van der Waals surface area contributed by atoms with Crippen LogP contribution >= 0.6 is 0 Å². The predicted octanol–water partition coefficient (Wildman–Crippen LogP) is 3.88. The highest BCUT2D eigenvalue weighted by Gasteiger charge is 2.28. The van der Waals surface area contributed by atoms with Crippen LogP contribution in [-0.2, 0) is 13.2 Å². The van der Waals surface area contributed by atoms with Crippen LogP contribution in [0.25, 0.3) is 6.08 Å². The van der Waals surface area contributed by atoms with E-state index in [9.17, 15) is 4.79 Å². The summed E-state index contributed by atoms with van der Waals surface area (Å²) in [5, 5.41) is 8.40. The van der Waals surface area contributed by atoms with E-state index < -0.39 is 0 Å². The number of aryl methyl sites for hydroxylation is 1. The average Bonchev–Trinajstić information content (AvgIpc) is 3.54. The molecular formula is C25H26N4O3. The van der Waals surface area contributed by atoms with Crippen LogP contribution in [0.2, 0.25) is 0 Å². The number of benzene rings is 2. The fourth-order valence-electron chi connectivity index (χ4n) is 4.07. The number of carbonyl (C=O) groups is 1. The van der Waals surface area contributed by atoms with E-state index in [0.29, 0.717) is 29.4 Å². The van der Waals surface area contributed by atoms with Gasteiger partial charge in [0, 0.05) is 12.6 Å². The van der Waals surface area contributed by atoms with Crippen LogP contribution in [0.4, 0.5) is 0 Å². The second-order valence-electron chi connectivity index (χ2n) is 8.26. The van der Waals surface area contributed by atoms with Crippen LogP contribution < -0.4 is 9.47 Å². The lowest BCUT2D eigenvalue weighted by molar-refractivity contribution is 0.101. The molecule has 3 aromatic rings. The van der Waals surface area contributed by atoms with Crippen molar-refractivity contribution in [3.05, 3.63) is 76.8 Å². The molecule has 2 aromatic carbocycles. The van der Waals surface area contributed by atoms with Crippen LogP contribution in [0.3, 0.4) is 0 Å². The lowest BCUT2D eigenvalue weighted by Gasteiger charge is -2.13. The Balaban J connectivity index is 1.21. The molecule has 0 radical (unpaired) electrons. The number of ketones is 1. The van der Waals surface area contributed by atoms with Crippen molar-refractivity contribution >= 4 is 11.9 Å². The van der Waals surface area contributed by atoms with E-state index in [-0.39, 0.29) is 5.78 Å². The maximum absolute atomic E-state index is 12.7. The molecule has 1 aromatic heterocycles. The third kappa shape index (κ3) is 4.43. The van der Waals surface area contributed by atoms with Crippen LogP contribution in [0, 0.1) is 6.92 Å². The number of likely N-dealkylation sites (tertiary alicyclic amines) is 1. The molecule has 2 aliphatic rings. The molecule has 0 N–H and O–H groups in total. The first-order valence-corrected chi connectivity index (χ1v) is 11.0. The summed E-state index contributed by atoms with van der Waals surface area (Å²) in [5.41, 5.74) is 3.37. The molecule has 0 unspecified atom stereocenters. The number of aromatic nitrogens is 3. The van der Waals surface area contributed by atoms with E-state index in [0.717, 1.165) is 29.9 Å². The zero-order chi connectivity index (χ0) is 21.9. The highest BCUT2D eigenvalue weighted by Crippen LogP contribution is 2.35. The van der Waals surface area contributed by atoms with Crippen molar-refractivity contribution in [1.82, 2.24) is 19.9 Å². The lowest BCUT2D eigenvalue weighted by Crippen LogP contribution is -2.24. The van der Waals surface area contributed by atoms with Crippen molar-refractivity contribution in [3.63, 3.8) is 0 Å². The van der Waals surface area contributed by atoms with Gasteiger partial charge in [0.25, 0.3) is 0 Å². The number of hydrogen-bond donors (Lipinski definition) is 0. The average molecular weight is 431 g/mol. The third-order valence-corrected chi connectivity index (χ3v) is 5.93. The summed E-state index contributed by atoms with van der Waals surface area (Å²) in [6.45, 7) is 6.50. The number of nitrogens with zero attached hydrogens (tertiary/aromatic N) is 4. The zero-order valence-electron chi connectivity index (χ0n) is 18.2. The number of allylic oxidation sites excluding steroid dienone is 1. The first-order chi connectivity index (χ1) is 15.7. The number of ether oxygens (including phenoxy) is 2. The SMILES string of the molecule is Cc1ccccc1/C=C1\Oc2cc(OCc3cn(CCN4CCCC4)nn3)ccc2C1=O. The first-order valence-electron chi connectivity index (χ1n) is 11.0. The Labute approximate surface area is 187 Å². The van der Waals surface area contributed by atoms with Gasteiger partial charge in [-0.1, -0.05) is 29.5 Å². The molecule has 7 nitrogen and oxygen atoms in total. The van der Waals surface area contributed by atoms with Crippen molar-refractivity contribution in [2.75, 3.05) is 19.6 Å². The van der Waals surface area contributed by atoms with E-state index in [1.54, 1.807) is 24.3 Å². The molecule has 0 amide bonds. The highest BCUT2D eigenvalue weighted by molar-refractivity contribution is 6.14. The van der Waals surface area contributed by atoms with Gasteiger partial charge in [0.05, 0.1) is 18.3 Å². The van der Waals surface area contributed by atoms with Crippen LogP contribution in [-0.4, -0.2) is 45.3 Å². The van der Waals surface area contributed by atoms with E-state index >= 15 is 0 Å². The summed E-state index contributed by atoms with van der Waals surface area (Å²) in [4.78, 5) is 15.2. The molecule has 32 heavy (non-hydrogen) atoms. The summed E-state index contributed by atoms with van der Waals surface area (Å²) in [7, 11) is 0. The van der Waals surface area contributed by atoms with Gasteiger partial charge in [-0.05, 0) is 62.2 Å². The van der Waals surface area contributed by atoms with Gasteiger partial charge in [0.15, 0.2) is 5.76 Å². The Bertz CT molecular complexity index is 1160. The molecule has 0 saturated carbocycles. The monoisotopic (exact) mass is 430 g/mol. The molecule has 0 bridgehead atoms. The molecule has 5 rings (SSSR count). The molecule has 0 aliphatic carbocycles. The number of rotatable bonds is 7. The van der Waals surface area contributed by atoms with Crippen LogP contribution in [0.1, 0.15) is 40.0 Å². The minimum absolute atomic E-state index is 0.115. The number of fused-ring (bicyclic) bond motifs is 1. The minimum Gasteiger partial charge on any atom is -0.487 e. The smallest absolute Gasteiger partial charge is 0.231 e. The van der Waals surface area contributed by atoms with Gasteiger partial charge in [-0.15, -0.1) is 5.10 Å². The fraction of sp³-hybridized carbons (Fsp3) is 0.320. The van der Waals surface area contributed by atoms with Gasteiger partial charge in [-0.25, -0.2) is 0 Å². The predicted molar refractivity (Wildman–Crippen MR) is 121 cm³/mol. The van der Waals surface area contributed by atoms with Crippen molar-refractivity contribution in [2.45, 2.75) is 32.9 Å². The Morgan fingerprint density at radius 3 is 2.81 bits per heavy atom. The van der Waals surface area contributed by atoms with Crippen molar-refractivity contribution < 1.29 is 14.3 Å². The topological polar surface area (TPSA) is 69.5 Å². The molecule has 2 aliphatic heterocycles. The lowest BCUT2D eigenvalue weighted by atomic mass is 10.1. The van der Waals surface area contributed by atoms with Gasteiger partial charge in [0.1, 0.15) is 23.8 Å². The molecular weight excluding hydrogens is 404 g/mol. The summed E-state index contributed by atoms with van der Waals surface area (Å²) >= 11 is 0. The highest BCUT2D eigenvalue weighted by atomic mass is 16.5. The summed E-state index contributed by atoms with van der Waals surface area (Å²) in [5.74, 6) is 1.35. The second-order valence-corrected chi connectivity index (χ2v) is 8.26. The second kappa shape index (κ2) is 8.96. The number of carbonyl (C=O) groups excluding carboxylic acids is 1. The summed E-state index contributed by atoms with van der Waals surface area (Å²) in [6, 6.07) is 13.2. The Hall–Kier alpha value is -3.45. The third-order valence-electron chi connectivity index (χ3n) is 5.93. The van der Waals surface area contributed by atoms with Crippen molar-refractivity contribution in [1.29, 1.82) is 0 Å². The Morgan fingerprint density at radius 1 is 1.12 bits per heavy atom. The quantitative estimate of drug-likeness (QED) is 0.530. The summed E-state index contributed by atoms with van der Waals surface area (Å²) < 4.78 is 13.6. The first kappa shape index (κ1) is 20.5. The minimum atomic E-state index is -0.115. The standard InChI is InChI=1S/C25H26N4O3/c1-18-6-2-3-7-19(18)14-24-25(30)22-9-8-21(15-23(22)32-24)31-17-20-16-29(27-26-20)13-12-28-10-4-5-11-28/h2-3,6-9,14-16H,4-5,10-13,17H2,1H3/b24-14-. The van der Waals surface area contributed by atoms with Gasteiger partial charge < -0.3 is 14.4 Å². The van der Waals surface area contributed by atoms with E-state index in [4.69, 9.17) is 9.47 Å². The van der Waals surface area contributed by atoms with Crippen molar-refractivity contribution in [2.24, 2.45) is 0 Å². The van der Waals surface area contributed by atoms with Crippen LogP contribution in [0.15, 0.2) is 54.4 Å². The molecule has 0 spiro atoms. The molecule has 7 heteroatoms. The Kier molecular flexibility index (Phi) is 5.73. The van der Waals surface area contributed by atoms with Crippen molar-refractivity contribution in [3.8, 4) is 11.5 Å². The summed E-state index contributed by atoms with van der Waals surface area (Å²) in [6.07, 6.45) is 6.29. The van der Waals surface area contributed by atoms with Gasteiger partial charge in [-0.2, -0.15) is 0 Å². The zero-order valence-corrected chi connectivity index (χ0v) is 18.2. The number of Topliss-reactive ketones (excluding diaryl/α,β-unsaturated/α-hetero) is 1. The Morgan fingerprint density at radius 2 is 1.97 bits per heavy atom. The largest absolute Gasteiger partial charge is 0.487 e. The maximum Gasteiger partial charge on any atom is 0.231 e. The van der Waals surface area contributed by atoms with E-state index in [1.807, 2.05) is 42.1 Å². The number of hydrogen-bond acceptors (Lipinski definition) is 6. The normalized spacial score (nSPS) is 17.0. The van der Waals surface area contributed by atoms with Crippen LogP contribution in [0.5, 0.6) is 11.5 Å². The molecule has 3 heterocycles. The molecule has 164 valence electrons. The van der Waals surface area contributed by atoms with Gasteiger partial charge in [-0.3, -0.25) is 9.48 Å². The van der Waals surface area contributed by atoms with Gasteiger partial charge >= 0.3 is 0 Å². The molecule has 1 fully saturated rings. The van der Waals surface area contributed by atoms with E-state index in [1.165, 1.54) is 25.9 Å². The fourth-order valence-corrected chi connectivity index (χ4v) is 4.07. The maximum atomic E-state index is 12.7. The molecule has 0 atom stereocenters. The van der Waals surface area contributed by atoms with Gasteiger partial charge in [0.2, 0.25) is 5.78 Å². The molecule has 1 saturated heterocycles.